The minimum absolute atomic E-state index is 0.167. The fourth-order valence-electron chi connectivity index (χ4n) is 1.99. The molecule has 0 aromatic heterocycles. The molecule has 1 amide bonds. The van der Waals surface area contributed by atoms with Crippen molar-refractivity contribution in [3.05, 3.63) is 53.1 Å². The summed E-state index contributed by atoms with van der Waals surface area (Å²) in [5.41, 5.74) is 1.46. The van der Waals surface area contributed by atoms with Crippen LogP contribution >= 0.6 is 11.6 Å². The molecule has 0 bridgehead atoms. The Morgan fingerprint density at radius 2 is 1.79 bits per heavy atom. The second-order valence-electron chi connectivity index (χ2n) is 5.30. The number of esters is 1. The molecule has 0 aliphatic carbocycles. The quantitative estimate of drug-likeness (QED) is 0.656. The largest absolute Gasteiger partial charge is 0.479 e. The molecule has 0 heterocycles. The van der Waals surface area contributed by atoms with E-state index in [1.165, 1.54) is 6.92 Å². The van der Waals surface area contributed by atoms with Crippen LogP contribution < -0.4 is 14.8 Å². The SMILES string of the molecule is CC(=O)Nc1ccc(OC(=O)[C@@H](C)Oc2ccc(Cl)cc2C)cc1. The van der Waals surface area contributed by atoms with Crippen molar-refractivity contribution in [2.24, 2.45) is 0 Å². The highest BCUT2D eigenvalue weighted by atomic mass is 35.5. The van der Waals surface area contributed by atoms with Crippen LogP contribution in [0.3, 0.4) is 0 Å². The van der Waals surface area contributed by atoms with Gasteiger partial charge in [-0.15, -0.1) is 0 Å². The number of amides is 1. The number of carbonyl (C=O) groups excluding carboxylic acids is 2. The summed E-state index contributed by atoms with van der Waals surface area (Å²) < 4.78 is 10.9. The average Bonchev–Trinajstić information content (AvgIpc) is 2.51. The number of hydrogen-bond acceptors (Lipinski definition) is 4. The van der Waals surface area contributed by atoms with Crippen molar-refractivity contribution in [3.63, 3.8) is 0 Å². The Morgan fingerprint density at radius 1 is 1.12 bits per heavy atom. The highest BCUT2D eigenvalue weighted by molar-refractivity contribution is 6.30. The monoisotopic (exact) mass is 347 g/mol. The van der Waals surface area contributed by atoms with Gasteiger partial charge < -0.3 is 14.8 Å². The van der Waals surface area contributed by atoms with Gasteiger partial charge in [0.05, 0.1) is 0 Å². The number of nitrogens with one attached hydrogen (secondary N) is 1. The van der Waals surface area contributed by atoms with E-state index in [0.717, 1.165) is 5.56 Å². The smallest absolute Gasteiger partial charge is 0.352 e. The first-order chi connectivity index (χ1) is 11.3. The van der Waals surface area contributed by atoms with Crippen LogP contribution in [0.2, 0.25) is 5.02 Å². The molecule has 0 fully saturated rings. The van der Waals surface area contributed by atoms with E-state index in [9.17, 15) is 9.59 Å². The van der Waals surface area contributed by atoms with E-state index in [1.54, 1.807) is 49.4 Å². The van der Waals surface area contributed by atoms with Crippen molar-refractivity contribution < 1.29 is 19.1 Å². The molecule has 0 spiro atoms. The predicted octanol–water partition coefficient (Wildman–Crippen LogP) is 3.98. The van der Waals surface area contributed by atoms with Crippen molar-refractivity contribution in [3.8, 4) is 11.5 Å². The number of anilines is 1. The molecule has 24 heavy (non-hydrogen) atoms. The fraction of sp³-hybridized carbons (Fsp3) is 0.222. The van der Waals surface area contributed by atoms with Crippen LogP contribution in [0.1, 0.15) is 19.4 Å². The van der Waals surface area contributed by atoms with Gasteiger partial charge in [0.1, 0.15) is 11.5 Å². The van der Waals surface area contributed by atoms with Gasteiger partial charge in [0.15, 0.2) is 6.10 Å². The van der Waals surface area contributed by atoms with Crippen LogP contribution in [0.5, 0.6) is 11.5 Å². The molecular formula is C18H18ClNO4. The third-order valence-electron chi connectivity index (χ3n) is 3.17. The second kappa shape index (κ2) is 7.84. The molecule has 2 rings (SSSR count). The number of aryl methyl sites for hydroxylation is 1. The van der Waals surface area contributed by atoms with Crippen molar-refractivity contribution in [2.45, 2.75) is 26.9 Å². The van der Waals surface area contributed by atoms with Crippen LogP contribution in [0.15, 0.2) is 42.5 Å². The first kappa shape index (κ1) is 17.8. The number of benzene rings is 2. The van der Waals surface area contributed by atoms with Crippen molar-refractivity contribution >= 4 is 29.2 Å². The van der Waals surface area contributed by atoms with Crippen LogP contribution in [-0.4, -0.2) is 18.0 Å². The highest BCUT2D eigenvalue weighted by Crippen LogP contribution is 2.23. The summed E-state index contributed by atoms with van der Waals surface area (Å²) in [4.78, 5) is 23.1. The molecule has 2 aromatic carbocycles. The molecule has 1 N–H and O–H groups in total. The van der Waals surface area contributed by atoms with Crippen LogP contribution in [0.4, 0.5) is 5.69 Å². The molecule has 0 radical (unpaired) electrons. The maximum absolute atomic E-state index is 12.1. The molecule has 0 saturated carbocycles. The maximum atomic E-state index is 12.1. The van der Waals surface area contributed by atoms with E-state index in [1.807, 2.05) is 6.92 Å². The lowest BCUT2D eigenvalue weighted by Gasteiger charge is -2.15. The lowest BCUT2D eigenvalue weighted by molar-refractivity contribution is -0.141. The fourth-order valence-corrected chi connectivity index (χ4v) is 2.22. The normalized spacial score (nSPS) is 11.5. The summed E-state index contributed by atoms with van der Waals surface area (Å²) in [6, 6.07) is 11.7. The van der Waals surface area contributed by atoms with Crippen LogP contribution in [-0.2, 0) is 9.59 Å². The summed E-state index contributed by atoms with van der Waals surface area (Å²) in [7, 11) is 0. The Balaban J connectivity index is 1.97. The number of ether oxygens (including phenoxy) is 2. The summed E-state index contributed by atoms with van der Waals surface area (Å²) in [6.45, 7) is 4.88. The van der Waals surface area contributed by atoms with E-state index in [0.29, 0.717) is 22.2 Å². The Labute approximate surface area is 145 Å². The molecule has 0 aliphatic rings. The summed E-state index contributed by atoms with van der Waals surface area (Å²) >= 11 is 5.89. The van der Waals surface area contributed by atoms with Gasteiger partial charge in [-0.05, 0) is 61.9 Å². The van der Waals surface area contributed by atoms with Gasteiger partial charge in [-0.2, -0.15) is 0 Å². The Morgan fingerprint density at radius 3 is 2.38 bits per heavy atom. The molecule has 0 unspecified atom stereocenters. The molecule has 2 aromatic rings. The number of carbonyl (C=O) groups is 2. The number of rotatable bonds is 5. The topological polar surface area (TPSA) is 64.6 Å². The van der Waals surface area contributed by atoms with Gasteiger partial charge in [0, 0.05) is 17.6 Å². The Bertz CT molecular complexity index is 743. The molecule has 126 valence electrons. The highest BCUT2D eigenvalue weighted by Gasteiger charge is 2.18. The first-order valence-electron chi connectivity index (χ1n) is 7.37. The minimum Gasteiger partial charge on any atom is -0.479 e. The van der Waals surface area contributed by atoms with Crippen molar-refractivity contribution in [1.82, 2.24) is 0 Å². The summed E-state index contributed by atoms with van der Waals surface area (Å²) in [6.07, 6.45) is -0.778. The van der Waals surface area contributed by atoms with Crippen molar-refractivity contribution in [1.29, 1.82) is 0 Å². The van der Waals surface area contributed by atoms with E-state index >= 15 is 0 Å². The summed E-state index contributed by atoms with van der Waals surface area (Å²) in [5, 5.41) is 3.24. The number of hydrogen-bond donors (Lipinski definition) is 1. The predicted molar refractivity (Wildman–Crippen MR) is 92.7 cm³/mol. The third kappa shape index (κ3) is 4.99. The van der Waals surface area contributed by atoms with Gasteiger partial charge in [-0.3, -0.25) is 4.79 Å². The third-order valence-corrected chi connectivity index (χ3v) is 3.40. The van der Waals surface area contributed by atoms with Crippen molar-refractivity contribution in [2.75, 3.05) is 5.32 Å². The molecular weight excluding hydrogens is 330 g/mol. The van der Waals surface area contributed by atoms with Gasteiger partial charge >= 0.3 is 5.97 Å². The molecule has 0 aliphatic heterocycles. The van der Waals surface area contributed by atoms with E-state index < -0.39 is 12.1 Å². The maximum Gasteiger partial charge on any atom is 0.352 e. The van der Waals surface area contributed by atoms with Crippen LogP contribution in [0, 0.1) is 6.92 Å². The zero-order chi connectivity index (χ0) is 17.7. The van der Waals surface area contributed by atoms with E-state index in [4.69, 9.17) is 21.1 Å². The first-order valence-corrected chi connectivity index (χ1v) is 7.75. The van der Waals surface area contributed by atoms with E-state index in [2.05, 4.69) is 5.32 Å². The molecule has 1 atom stereocenters. The van der Waals surface area contributed by atoms with E-state index in [-0.39, 0.29) is 5.91 Å². The molecule has 6 heteroatoms. The zero-order valence-electron chi connectivity index (χ0n) is 13.6. The van der Waals surface area contributed by atoms with Gasteiger partial charge in [0.2, 0.25) is 5.91 Å². The average molecular weight is 348 g/mol. The van der Waals surface area contributed by atoms with Gasteiger partial charge in [-0.25, -0.2) is 4.79 Å². The Hall–Kier alpha value is -2.53. The molecule has 0 saturated heterocycles. The van der Waals surface area contributed by atoms with Gasteiger partial charge in [0.25, 0.3) is 0 Å². The second-order valence-corrected chi connectivity index (χ2v) is 5.73. The lowest BCUT2D eigenvalue weighted by Crippen LogP contribution is -2.28. The van der Waals surface area contributed by atoms with Gasteiger partial charge in [-0.1, -0.05) is 11.6 Å². The molecule has 5 nitrogen and oxygen atoms in total. The zero-order valence-corrected chi connectivity index (χ0v) is 14.4. The minimum atomic E-state index is -0.778. The summed E-state index contributed by atoms with van der Waals surface area (Å²) in [5.74, 6) is 0.263. The number of halogens is 1. The lowest BCUT2D eigenvalue weighted by atomic mass is 10.2. The standard InChI is InChI=1S/C18H18ClNO4/c1-11-10-14(19)4-9-17(11)23-12(2)18(22)24-16-7-5-15(6-8-16)20-13(3)21/h4-10,12H,1-3H3,(H,20,21)/t12-/m1/s1. The Kier molecular flexibility index (Phi) is 5.82. The van der Waals surface area contributed by atoms with Crippen LogP contribution in [0.25, 0.3) is 0 Å².